The van der Waals surface area contributed by atoms with E-state index in [-0.39, 0.29) is 17.5 Å². The maximum atomic E-state index is 12.5. The second-order valence-electron chi connectivity index (χ2n) is 6.65. The lowest BCUT2D eigenvalue weighted by molar-refractivity contribution is -0.117. The number of hydrogen-bond acceptors (Lipinski definition) is 5. The Hall–Kier alpha value is -2.93. The molecule has 1 atom stereocenters. The number of nitrogens with zero attached hydrogens (tertiary/aromatic N) is 1. The van der Waals surface area contributed by atoms with Crippen LogP contribution in [0.2, 0.25) is 0 Å². The van der Waals surface area contributed by atoms with Crippen LogP contribution in [0.4, 0.5) is 11.4 Å². The third kappa shape index (κ3) is 4.31. The molecule has 2 amide bonds. The second-order valence-corrected chi connectivity index (χ2v) is 7.71. The van der Waals surface area contributed by atoms with Crippen molar-refractivity contribution in [2.24, 2.45) is 0 Å². The number of carbonyl (C=O) groups is 2. The van der Waals surface area contributed by atoms with Crippen LogP contribution >= 0.6 is 11.8 Å². The second kappa shape index (κ2) is 8.39. The van der Waals surface area contributed by atoms with Gasteiger partial charge in [0.2, 0.25) is 5.91 Å². The molecule has 1 aliphatic rings. The molecule has 1 aliphatic heterocycles. The highest BCUT2D eigenvalue weighted by molar-refractivity contribution is 8.00. The minimum Gasteiger partial charge on any atom is -0.494 e. The number of para-hydroxylation sites is 2. The van der Waals surface area contributed by atoms with Gasteiger partial charge in [0.1, 0.15) is 0 Å². The number of thioether (sulfide) groups is 1. The number of aryl methyl sites for hydroxylation is 3. The molecule has 0 saturated carbocycles. The van der Waals surface area contributed by atoms with Crippen LogP contribution in [0.15, 0.2) is 54.4 Å². The number of amides is 2. The molecular formula is C21H23N3O3S. The standard InChI is InChI=1S/C21H23N3O3S/c1-13-7-4-5-10-16(13)24-19(27)11-17(25)23-21(24)28-12-18(26)22-20-14(2)8-6-9-15(20)3/h4-11,21,27H,12H2,1-3H3,(H,22,26)(H,23,25). The van der Waals surface area contributed by atoms with E-state index in [1.807, 2.05) is 63.2 Å². The monoisotopic (exact) mass is 397 g/mol. The molecule has 6 nitrogen and oxygen atoms in total. The normalized spacial score (nSPS) is 16.4. The predicted octanol–water partition coefficient (Wildman–Crippen LogP) is 3.60. The lowest BCUT2D eigenvalue weighted by Crippen LogP contribution is -2.50. The number of nitrogens with one attached hydrogen (secondary N) is 2. The van der Waals surface area contributed by atoms with Crippen LogP contribution in [0, 0.1) is 20.8 Å². The topological polar surface area (TPSA) is 81.7 Å². The molecule has 3 rings (SSSR count). The Morgan fingerprint density at radius 3 is 2.43 bits per heavy atom. The molecule has 3 N–H and O–H groups in total. The van der Waals surface area contributed by atoms with E-state index in [0.29, 0.717) is 0 Å². The van der Waals surface area contributed by atoms with Gasteiger partial charge in [0.15, 0.2) is 11.4 Å². The molecule has 2 aromatic carbocycles. The molecule has 1 heterocycles. The third-order valence-electron chi connectivity index (χ3n) is 4.50. The summed E-state index contributed by atoms with van der Waals surface area (Å²) in [5, 5.41) is 16.1. The summed E-state index contributed by atoms with van der Waals surface area (Å²) in [6.07, 6.45) is 1.14. The van der Waals surface area contributed by atoms with Crippen molar-refractivity contribution in [3.05, 3.63) is 71.1 Å². The van der Waals surface area contributed by atoms with Crippen LogP contribution in [0.25, 0.3) is 0 Å². The van der Waals surface area contributed by atoms with E-state index in [2.05, 4.69) is 10.6 Å². The van der Waals surface area contributed by atoms with Crippen molar-refractivity contribution in [1.82, 2.24) is 5.32 Å². The van der Waals surface area contributed by atoms with Gasteiger partial charge in [0.05, 0.1) is 11.8 Å². The number of benzene rings is 2. The molecule has 0 saturated heterocycles. The summed E-state index contributed by atoms with van der Waals surface area (Å²) in [5.74, 6) is -0.592. The van der Waals surface area contributed by atoms with Gasteiger partial charge in [0, 0.05) is 11.4 Å². The first-order valence-electron chi connectivity index (χ1n) is 8.90. The fraction of sp³-hybridized carbons (Fsp3) is 0.238. The summed E-state index contributed by atoms with van der Waals surface area (Å²) in [4.78, 5) is 26.0. The highest BCUT2D eigenvalue weighted by Crippen LogP contribution is 2.30. The molecule has 0 aliphatic carbocycles. The molecule has 0 radical (unpaired) electrons. The van der Waals surface area contributed by atoms with Crippen molar-refractivity contribution in [2.45, 2.75) is 26.3 Å². The maximum absolute atomic E-state index is 12.5. The van der Waals surface area contributed by atoms with E-state index in [9.17, 15) is 14.7 Å². The number of aliphatic hydroxyl groups excluding tert-OH is 1. The SMILES string of the molecule is Cc1ccccc1N1C(O)=CC(=O)NC1SCC(=O)Nc1c(C)cccc1C. The summed E-state index contributed by atoms with van der Waals surface area (Å²) in [6, 6.07) is 13.4. The molecule has 0 aromatic heterocycles. The molecular weight excluding hydrogens is 374 g/mol. The van der Waals surface area contributed by atoms with E-state index >= 15 is 0 Å². The molecule has 28 heavy (non-hydrogen) atoms. The molecule has 146 valence electrons. The smallest absolute Gasteiger partial charge is 0.251 e. The summed E-state index contributed by atoms with van der Waals surface area (Å²) in [7, 11) is 0. The fourth-order valence-electron chi connectivity index (χ4n) is 3.08. The summed E-state index contributed by atoms with van der Waals surface area (Å²) in [6.45, 7) is 5.81. The van der Waals surface area contributed by atoms with Crippen molar-refractivity contribution >= 4 is 35.0 Å². The van der Waals surface area contributed by atoms with E-state index in [4.69, 9.17) is 0 Å². The van der Waals surface area contributed by atoms with Crippen LogP contribution in [0.1, 0.15) is 16.7 Å². The van der Waals surface area contributed by atoms with Crippen molar-refractivity contribution in [3.63, 3.8) is 0 Å². The predicted molar refractivity (Wildman–Crippen MR) is 113 cm³/mol. The van der Waals surface area contributed by atoms with Gasteiger partial charge in [0.25, 0.3) is 5.91 Å². The molecule has 0 fully saturated rings. The van der Waals surface area contributed by atoms with Crippen LogP contribution < -0.4 is 15.5 Å². The minimum atomic E-state index is -0.595. The Morgan fingerprint density at radius 1 is 1.11 bits per heavy atom. The lowest BCUT2D eigenvalue weighted by atomic mass is 10.1. The third-order valence-corrected chi connectivity index (χ3v) is 5.57. The Kier molecular flexibility index (Phi) is 5.94. The molecule has 0 bridgehead atoms. The first-order valence-corrected chi connectivity index (χ1v) is 9.95. The zero-order valence-electron chi connectivity index (χ0n) is 16.0. The van der Waals surface area contributed by atoms with Crippen molar-refractivity contribution in [3.8, 4) is 0 Å². The zero-order valence-corrected chi connectivity index (χ0v) is 16.8. The number of hydrogen-bond donors (Lipinski definition) is 3. The Morgan fingerprint density at radius 2 is 1.75 bits per heavy atom. The lowest BCUT2D eigenvalue weighted by Gasteiger charge is -2.35. The summed E-state index contributed by atoms with van der Waals surface area (Å²) >= 11 is 1.24. The first kappa shape index (κ1) is 19.8. The Balaban J connectivity index is 1.74. The van der Waals surface area contributed by atoms with Gasteiger partial charge in [-0.1, -0.05) is 36.4 Å². The van der Waals surface area contributed by atoms with Gasteiger partial charge >= 0.3 is 0 Å². The summed E-state index contributed by atoms with van der Waals surface area (Å²) in [5.41, 5.74) is 3.91. The van der Waals surface area contributed by atoms with E-state index in [0.717, 1.165) is 34.1 Å². The molecule has 1 unspecified atom stereocenters. The van der Waals surface area contributed by atoms with Gasteiger partial charge in [-0.25, -0.2) is 0 Å². The number of carbonyl (C=O) groups excluding carboxylic acids is 2. The van der Waals surface area contributed by atoms with Gasteiger partial charge in [-0.3, -0.25) is 14.5 Å². The quantitative estimate of drug-likeness (QED) is 0.718. The number of aliphatic hydroxyl groups is 1. The highest BCUT2D eigenvalue weighted by atomic mass is 32.2. The van der Waals surface area contributed by atoms with E-state index in [1.165, 1.54) is 11.8 Å². The van der Waals surface area contributed by atoms with Crippen molar-refractivity contribution < 1.29 is 14.7 Å². The average molecular weight is 398 g/mol. The number of rotatable bonds is 5. The van der Waals surface area contributed by atoms with Crippen LogP contribution in [-0.4, -0.2) is 28.2 Å². The minimum absolute atomic E-state index is 0.119. The highest BCUT2D eigenvalue weighted by Gasteiger charge is 2.30. The largest absolute Gasteiger partial charge is 0.494 e. The van der Waals surface area contributed by atoms with E-state index < -0.39 is 11.4 Å². The fourth-order valence-corrected chi connectivity index (χ4v) is 4.03. The summed E-state index contributed by atoms with van der Waals surface area (Å²) < 4.78 is 0. The zero-order chi connectivity index (χ0) is 20.3. The van der Waals surface area contributed by atoms with Crippen LogP contribution in [0.3, 0.4) is 0 Å². The molecule has 2 aromatic rings. The molecule has 0 spiro atoms. The number of anilines is 2. The van der Waals surface area contributed by atoms with Gasteiger partial charge in [-0.2, -0.15) is 0 Å². The van der Waals surface area contributed by atoms with Gasteiger partial charge in [-0.15, -0.1) is 11.8 Å². The first-order chi connectivity index (χ1) is 13.4. The van der Waals surface area contributed by atoms with Gasteiger partial charge in [-0.05, 0) is 43.5 Å². The van der Waals surface area contributed by atoms with Gasteiger partial charge < -0.3 is 15.7 Å². The van der Waals surface area contributed by atoms with Crippen molar-refractivity contribution in [1.29, 1.82) is 0 Å². The maximum Gasteiger partial charge on any atom is 0.251 e. The molecule has 7 heteroatoms. The van der Waals surface area contributed by atoms with E-state index in [1.54, 1.807) is 4.90 Å². The van der Waals surface area contributed by atoms with Crippen molar-refractivity contribution in [2.75, 3.05) is 16.0 Å². The van der Waals surface area contributed by atoms with Crippen LogP contribution in [0.5, 0.6) is 0 Å². The Bertz CT molecular complexity index is 922. The average Bonchev–Trinajstić information content (AvgIpc) is 2.64. The van der Waals surface area contributed by atoms with Crippen LogP contribution in [-0.2, 0) is 9.59 Å². The Labute approximate surface area is 168 Å².